The molecule has 7 nitrogen and oxygen atoms in total. The van der Waals surface area contributed by atoms with Crippen LogP contribution in [-0.2, 0) is 16.4 Å². The second kappa shape index (κ2) is 7.29. The molecule has 1 amide bonds. The molecule has 8 heteroatoms. The van der Waals surface area contributed by atoms with E-state index in [1.165, 1.54) is 12.3 Å². The molecule has 0 bridgehead atoms. The second-order valence-electron chi connectivity index (χ2n) is 6.76. The van der Waals surface area contributed by atoms with Crippen LogP contribution in [0.15, 0.2) is 64.1 Å². The molecular formula is C21H20N2O5S. The molecule has 150 valence electrons. The standard InChI is InChI=1S/C21H20N2O5S/c1-14-12-17(6-8-19(14)27-2)29(25,26)22-16-5-7-18-15(13-16)9-10-23(18)21(24)20-4-3-11-28-20/h3-8,11-13,22H,9-10H2,1-2H3. The SMILES string of the molecule is COc1ccc(S(=O)(=O)Nc2ccc3c(c2)CCN3C(=O)c2ccco2)cc1C. The number of carbonyl (C=O) groups excluding carboxylic acids is 1. The highest BCUT2D eigenvalue weighted by atomic mass is 32.2. The van der Waals surface area contributed by atoms with Gasteiger partial charge in [-0.05, 0) is 73.0 Å². The van der Waals surface area contributed by atoms with Crippen LogP contribution in [0.3, 0.4) is 0 Å². The van der Waals surface area contributed by atoms with Crippen LogP contribution < -0.4 is 14.4 Å². The molecule has 1 aromatic heterocycles. The predicted octanol–water partition coefficient (Wildman–Crippen LogP) is 3.60. The Bertz CT molecular complexity index is 1170. The zero-order chi connectivity index (χ0) is 20.6. The zero-order valence-electron chi connectivity index (χ0n) is 16.0. The molecule has 4 rings (SSSR count). The molecule has 2 aromatic carbocycles. The lowest BCUT2D eigenvalue weighted by Crippen LogP contribution is -2.28. The first-order valence-corrected chi connectivity index (χ1v) is 10.5. The number of rotatable bonds is 5. The van der Waals surface area contributed by atoms with Gasteiger partial charge in [-0.1, -0.05) is 0 Å². The van der Waals surface area contributed by atoms with Crippen LogP contribution in [0.25, 0.3) is 0 Å². The minimum absolute atomic E-state index is 0.158. The summed E-state index contributed by atoms with van der Waals surface area (Å²) in [6, 6.07) is 13.2. The van der Waals surface area contributed by atoms with Crippen LogP contribution in [0.2, 0.25) is 0 Å². The van der Waals surface area contributed by atoms with E-state index in [-0.39, 0.29) is 16.6 Å². The van der Waals surface area contributed by atoms with E-state index in [1.54, 1.807) is 61.4 Å². The number of fused-ring (bicyclic) bond motifs is 1. The molecule has 0 atom stereocenters. The molecular weight excluding hydrogens is 392 g/mol. The van der Waals surface area contributed by atoms with Gasteiger partial charge in [0.05, 0.1) is 18.3 Å². The van der Waals surface area contributed by atoms with Crippen molar-refractivity contribution in [2.75, 3.05) is 23.3 Å². The first-order chi connectivity index (χ1) is 13.9. The molecule has 3 aromatic rings. The van der Waals surface area contributed by atoms with Crippen molar-refractivity contribution in [3.05, 3.63) is 71.7 Å². The predicted molar refractivity (Wildman–Crippen MR) is 109 cm³/mol. The molecule has 0 radical (unpaired) electrons. The Balaban J connectivity index is 1.57. The zero-order valence-corrected chi connectivity index (χ0v) is 16.8. The van der Waals surface area contributed by atoms with Gasteiger partial charge in [0, 0.05) is 17.9 Å². The fourth-order valence-corrected chi connectivity index (χ4v) is 4.58. The van der Waals surface area contributed by atoms with Gasteiger partial charge in [0.25, 0.3) is 15.9 Å². The summed E-state index contributed by atoms with van der Waals surface area (Å²) in [5, 5.41) is 0. The lowest BCUT2D eigenvalue weighted by molar-refractivity contribution is 0.0963. The van der Waals surface area contributed by atoms with Gasteiger partial charge < -0.3 is 14.1 Å². The van der Waals surface area contributed by atoms with Gasteiger partial charge in [-0.3, -0.25) is 9.52 Å². The maximum Gasteiger partial charge on any atom is 0.293 e. The van der Waals surface area contributed by atoms with E-state index in [9.17, 15) is 13.2 Å². The van der Waals surface area contributed by atoms with Crippen molar-refractivity contribution in [3.63, 3.8) is 0 Å². The van der Waals surface area contributed by atoms with E-state index in [4.69, 9.17) is 9.15 Å². The second-order valence-corrected chi connectivity index (χ2v) is 8.45. The average molecular weight is 412 g/mol. The van der Waals surface area contributed by atoms with Crippen LogP contribution >= 0.6 is 0 Å². The van der Waals surface area contributed by atoms with Crippen molar-refractivity contribution in [2.45, 2.75) is 18.2 Å². The number of furan rings is 1. The minimum Gasteiger partial charge on any atom is -0.496 e. The van der Waals surface area contributed by atoms with Gasteiger partial charge in [-0.25, -0.2) is 8.42 Å². The summed E-state index contributed by atoms with van der Waals surface area (Å²) in [4.78, 5) is 14.4. The Morgan fingerprint density at radius 2 is 2.00 bits per heavy atom. The smallest absolute Gasteiger partial charge is 0.293 e. The summed E-state index contributed by atoms with van der Waals surface area (Å²) in [5.74, 6) is 0.691. The number of anilines is 2. The van der Waals surface area contributed by atoms with Crippen LogP contribution in [-0.4, -0.2) is 28.0 Å². The molecule has 1 aliphatic heterocycles. The fraction of sp³-hybridized carbons (Fsp3) is 0.190. The number of ether oxygens (including phenoxy) is 1. The lowest BCUT2D eigenvalue weighted by Gasteiger charge is -2.16. The number of nitrogens with zero attached hydrogens (tertiary/aromatic N) is 1. The summed E-state index contributed by atoms with van der Waals surface area (Å²) < 4.78 is 38.5. The first-order valence-electron chi connectivity index (χ1n) is 9.05. The third-order valence-electron chi connectivity index (χ3n) is 4.88. The van der Waals surface area contributed by atoms with Crippen LogP contribution in [0.5, 0.6) is 5.75 Å². The Morgan fingerprint density at radius 3 is 2.69 bits per heavy atom. The number of nitrogens with one attached hydrogen (secondary N) is 1. The lowest BCUT2D eigenvalue weighted by atomic mass is 10.1. The van der Waals surface area contributed by atoms with E-state index in [2.05, 4.69) is 4.72 Å². The molecule has 0 unspecified atom stereocenters. The van der Waals surface area contributed by atoms with E-state index >= 15 is 0 Å². The maximum atomic E-state index is 12.8. The molecule has 1 N–H and O–H groups in total. The van der Waals surface area contributed by atoms with Crippen molar-refractivity contribution in [1.82, 2.24) is 0 Å². The van der Waals surface area contributed by atoms with Crippen molar-refractivity contribution < 1.29 is 22.4 Å². The summed E-state index contributed by atoms with van der Waals surface area (Å²) in [6.07, 6.45) is 2.10. The van der Waals surface area contributed by atoms with Gasteiger partial charge in [0.15, 0.2) is 5.76 Å². The third-order valence-corrected chi connectivity index (χ3v) is 6.26. The molecule has 0 spiro atoms. The van der Waals surface area contributed by atoms with Gasteiger partial charge in [0.2, 0.25) is 0 Å². The summed E-state index contributed by atoms with van der Waals surface area (Å²) in [6.45, 7) is 2.31. The number of methoxy groups -OCH3 is 1. The quantitative estimate of drug-likeness (QED) is 0.692. The summed E-state index contributed by atoms with van der Waals surface area (Å²) >= 11 is 0. The molecule has 29 heavy (non-hydrogen) atoms. The van der Waals surface area contributed by atoms with Gasteiger partial charge in [-0.15, -0.1) is 0 Å². The van der Waals surface area contributed by atoms with E-state index < -0.39 is 10.0 Å². The molecule has 2 heterocycles. The number of carbonyl (C=O) groups is 1. The molecule has 0 saturated heterocycles. The molecule has 1 aliphatic rings. The Morgan fingerprint density at radius 1 is 1.17 bits per heavy atom. The summed E-state index contributed by atoms with van der Waals surface area (Å²) in [5.41, 5.74) is 2.84. The Kier molecular flexibility index (Phi) is 4.79. The van der Waals surface area contributed by atoms with Crippen molar-refractivity contribution in [1.29, 1.82) is 0 Å². The number of hydrogen-bond donors (Lipinski definition) is 1. The number of hydrogen-bond acceptors (Lipinski definition) is 5. The third kappa shape index (κ3) is 3.58. The van der Waals surface area contributed by atoms with Gasteiger partial charge >= 0.3 is 0 Å². The Hall–Kier alpha value is -3.26. The van der Waals surface area contributed by atoms with Crippen molar-refractivity contribution in [3.8, 4) is 5.75 Å². The highest BCUT2D eigenvalue weighted by molar-refractivity contribution is 7.92. The fourth-order valence-electron chi connectivity index (χ4n) is 3.44. The van der Waals surface area contributed by atoms with E-state index in [0.717, 1.165) is 16.8 Å². The van der Waals surface area contributed by atoms with Crippen LogP contribution in [0, 0.1) is 6.92 Å². The van der Waals surface area contributed by atoms with Gasteiger partial charge in [-0.2, -0.15) is 0 Å². The largest absolute Gasteiger partial charge is 0.496 e. The van der Waals surface area contributed by atoms with Gasteiger partial charge in [0.1, 0.15) is 5.75 Å². The first kappa shape index (κ1) is 19.1. The number of benzene rings is 2. The normalized spacial score (nSPS) is 13.2. The molecule has 0 aliphatic carbocycles. The van der Waals surface area contributed by atoms with Crippen LogP contribution in [0.1, 0.15) is 21.7 Å². The number of sulfonamides is 1. The molecule has 0 saturated carbocycles. The summed E-state index contributed by atoms with van der Waals surface area (Å²) in [7, 11) is -2.20. The highest BCUT2D eigenvalue weighted by Crippen LogP contribution is 2.32. The average Bonchev–Trinajstić information content (AvgIpc) is 3.37. The van der Waals surface area contributed by atoms with Crippen LogP contribution in [0.4, 0.5) is 11.4 Å². The Labute approximate surface area is 169 Å². The maximum absolute atomic E-state index is 12.8. The number of amides is 1. The van der Waals surface area contributed by atoms with Crippen molar-refractivity contribution in [2.24, 2.45) is 0 Å². The number of aryl methyl sites for hydroxylation is 1. The minimum atomic E-state index is -3.74. The topological polar surface area (TPSA) is 88.9 Å². The monoisotopic (exact) mass is 412 g/mol. The highest BCUT2D eigenvalue weighted by Gasteiger charge is 2.27. The van der Waals surface area contributed by atoms with Crippen molar-refractivity contribution >= 4 is 27.3 Å². The van der Waals surface area contributed by atoms with E-state index in [0.29, 0.717) is 24.4 Å². The molecule has 0 fully saturated rings. The van der Waals surface area contributed by atoms with E-state index in [1.807, 2.05) is 0 Å².